The maximum absolute atomic E-state index is 11.8. The number of hydrogen-bond acceptors (Lipinski definition) is 7. The van der Waals surface area contributed by atoms with Gasteiger partial charge in [-0.15, -0.1) is 0 Å². The fraction of sp³-hybridized carbons (Fsp3) is 0.529. The molecular formula is C17H25NO6. The summed E-state index contributed by atoms with van der Waals surface area (Å²) in [6.45, 7) is 5.55. The lowest BCUT2D eigenvalue weighted by molar-refractivity contribution is -0.156. The Balaban J connectivity index is 2.53. The number of benzene rings is 1. The average molecular weight is 339 g/mol. The van der Waals surface area contributed by atoms with Crippen molar-refractivity contribution in [3.05, 3.63) is 23.8 Å². The molecular weight excluding hydrogens is 314 g/mol. The summed E-state index contributed by atoms with van der Waals surface area (Å²) in [4.78, 5) is 23.4. The molecule has 0 saturated heterocycles. The van der Waals surface area contributed by atoms with Gasteiger partial charge in [-0.3, -0.25) is 4.79 Å². The molecule has 0 aromatic heterocycles. The predicted molar refractivity (Wildman–Crippen MR) is 88.0 cm³/mol. The molecule has 0 saturated carbocycles. The molecule has 0 aliphatic carbocycles. The molecule has 1 aromatic carbocycles. The molecule has 0 aliphatic heterocycles. The van der Waals surface area contributed by atoms with Crippen LogP contribution in [0.3, 0.4) is 0 Å². The molecule has 24 heavy (non-hydrogen) atoms. The zero-order chi connectivity index (χ0) is 18.3. The van der Waals surface area contributed by atoms with Crippen LogP contribution >= 0.6 is 0 Å². The summed E-state index contributed by atoms with van der Waals surface area (Å²) < 4.78 is 15.3. The van der Waals surface area contributed by atoms with Gasteiger partial charge in [0, 0.05) is 0 Å². The lowest BCUT2D eigenvalue weighted by Crippen LogP contribution is -2.37. The minimum absolute atomic E-state index is 0.0311. The van der Waals surface area contributed by atoms with Gasteiger partial charge in [0.15, 0.2) is 0 Å². The first kappa shape index (κ1) is 19.8. The SMILES string of the molecule is COC(=O)c1c(O)cccc1OCCCC(N)C(=O)OC(C)(C)C. The second kappa shape index (κ2) is 8.54. The van der Waals surface area contributed by atoms with Gasteiger partial charge in [-0.05, 0) is 45.7 Å². The first-order chi connectivity index (χ1) is 11.2. The molecule has 1 rings (SSSR count). The minimum atomic E-state index is -0.739. The van der Waals surface area contributed by atoms with Crippen molar-refractivity contribution < 1.29 is 28.9 Å². The standard InChI is InChI=1S/C17H25NO6/c1-17(2,3)24-15(20)11(18)7-6-10-23-13-9-5-8-12(19)14(13)16(21)22-4/h5,8-9,11,19H,6-7,10,18H2,1-4H3. The second-order valence-corrected chi connectivity index (χ2v) is 6.27. The number of carbonyl (C=O) groups excluding carboxylic acids is 2. The molecule has 1 unspecified atom stereocenters. The first-order valence-electron chi connectivity index (χ1n) is 7.67. The van der Waals surface area contributed by atoms with E-state index in [0.717, 1.165) is 0 Å². The van der Waals surface area contributed by atoms with Gasteiger partial charge in [-0.25, -0.2) is 4.79 Å². The minimum Gasteiger partial charge on any atom is -0.507 e. The van der Waals surface area contributed by atoms with Gasteiger partial charge < -0.3 is 25.1 Å². The average Bonchev–Trinajstić information content (AvgIpc) is 2.49. The van der Waals surface area contributed by atoms with E-state index in [1.807, 2.05) is 0 Å². The van der Waals surface area contributed by atoms with Crippen molar-refractivity contribution in [3.8, 4) is 11.5 Å². The second-order valence-electron chi connectivity index (χ2n) is 6.27. The predicted octanol–water partition coefficient (Wildman–Crippen LogP) is 2.01. The fourth-order valence-corrected chi connectivity index (χ4v) is 1.93. The molecule has 0 aliphatic rings. The molecule has 7 heteroatoms. The summed E-state index contributed by atoms with van der Waals surface area (Å²) in [6.07, 6.45) is 0.859. The van der Waals surface area contributed by atoms with Crippen LogP contribution in [0.1, 0.15) is 44.0 Å². The number of aromatic hydroxyl groups is 1. The van der Waals surface area contributed by atoms with Gasteiger partial charge in [0.25, 0.3) is 0 Å². The molecule has 134 valence electrons. The summed E-state index contributed by atoms with van der Waals surface area (Å²) in [6, 6.07) is 3.75. The van der Waals surface area contributed by atoms with Gasteiger partial charge >= 0.3 is 11.9 Å². The quantitative estimate of drug-likeness (QED) is 0.578. The summed E-state index contributed by atoms with van der Waals surface area (Å²) in [5.41, 5.74) is 5.17. The van der Waals surface area contributed by atoms with Crippen LogP contribution in [0.4, 0.5) is 0 Å². The third-order valence-corrected chi connectivity index (χ3v) is 3.02. The maximum Gasteiger partial charge on any atom is 0.345 e. The third-order valence-electron chi connectivity index (χ3n) is 3.02. The van der Waals surface area contributed by atoms with Gasteiger partial charge in [0.05, 0.1) is 13.7 Å². The Labute approximate surface area is 141 Å². The number of phenolic OH excluding ortho intramolecular Hbond substituents is 1. The number of esters is 2. The fourth-order valence-electron chi connectivity index (χ4n) is 1.93. The molecule has 0 bridgehead atoms. The van der Waals surface area contributed by atoms with E-state index >= 15 is 0 Å². The Kier molecular flexibility index (Phi) is 7.03. The summed E-state index contributed by atoms with van der Waals surface area (Å²) in [7, 11) is 1.22. The number of methoxy groups -OCH3 is 1. The van der Waals surface area contributed by atoms with E-state index in [1.165, 1.54) is 13.2 Å². The molecule has 0 fully saturated rings. The molecule has 3 N–H and O–H groups in total. The Bertz CT molecular complexity index is 579. The highest BCUT2D eigenvalue weighted by molar-refractivity contribution is 5.95. The first-order valence-corrected chi connectivity index (χ1v) is 7.67. The number of hydrogen-bond donors (Lipinski definition) is 2. The van der Waals surface area contributed by atoms with Crippen LogP contribution in [0.5, 0.6) is 11.5 Å². The smallest absolute Gasteiger partial charge is 0.345 e. The van der Waals surface area contributed by atoms with E-state index in [2.05, 4.69) is 4.74 Å². The van der Waals surface area contributed by atoms with Crippen LogP contribution < -0.4 is 10.5 Å². The molecule has 0 spiro atoms. The molecule has 0 heterocycles. The van der Waals surface area contributed by atoms with Crippen LogP contribution in [-0.2, 0) is 14.3 Å². The number of nitrogens with two attached hydrogens (primary N) is 1. The van der Waals surface area contributed by atoms with Gasteiger partial charge in [-0.2, -0.15) is 0 Å². The van der Waals surface area contributed by atoms with Crippen molar-refractivity contribution >= 4 is 11.9 Å². The van der Waals surface area contributed by atoms with Gasteiger partial charge in [0.1, 0.15) is 28.7 Å². The highest BCUT2D eigenvalue weighted by atomic mass is 16.6. The Morgan fingerprint density at radius 3 is 2.54 bits per heavy atom. The van der Waals surface area contributed by atoms with E-state index in [-0.39, 0.29) is 23.7 Å². The Hall–Kier alpha value is -2.28. The number of rotatable bonds is 7. The summed E-state index contributed by atoms with van der Waals surface area (Å²) in [5.74, 6) is -1.15. The molecule has 7 nitrogen and oxygen atoms in total. The molecule has 1 aromatic rings. The summed E-state index contributed by atoms with van der Waals surface area (Å²) >= 11 is 0. The van der Waals surface area contributed by atoms with E-state index in [9.17, 15) is 14.7 Å². The lowest BCUT2D eigenvalue weighted by atomic mass is 10.1. The number of ether oxygens (including phenoxy) is 3. The third kappa shape index (κ3) is 6.08. The van der Waals surface area contributed by atoms with E-state index < -0.39 is 23.6 Å². The van der Waals surface area contributed by atoms with Gasteiger partial charge in [0.2, 0.25) is 0 Å². The molecule has 0 amide bonds. The summed E-state index contributed by atoms with van der Waals surface area (Å²) in [5, 5.41) is 9.76. The van der Waals surface area contributed by atoms with Crippen LogP contribution in [0.25, 0.3) is 0 Å². The largest absolute Gasteiger partial charge is 0.507 e. The number of phenols is 1. The normalized spacial score (nSPS) is 12.4. The van der Waals surface area contributed by atoms with Crippen LogP contribution in [0, 0.1) is 0 Å². The molecule has 1 atom stereocenters. The lowest BCUT2D eigenvalue weighted by Gasteiger charge is -2.22. The van der Waals surface area contributed by atoms with E-state index in [0.29, 0.717) is 12.8 Å². The van der Waals surface area contributed by atoms with Crippen molar-refractivity contribution in [1.29, 1.82) is 0 Å². The topological polar surface area (TPSA) is 108 Å². The highest BCUT2D eigenvalue weighted by Gasteiger charge is 2.22. The van der Waals surface area contributed by atoms with Crippen molar-refractivity contribution in [2.24, 2.45) is 5.73 Å². The van der Waals surface area contributed by atoms with Crippen LogP contribution in [0.2, 0.25) is 0 Å². The maximum atomic E-state index is 11.8. The highest BCUT2D eigenvalue weighted by Crippen LogP contribution is 2.28. The van der Waals surface area contributed by atoms with Crippen LogP contribution in [-0.4, -0.2) is 42.4 Å². The van der Waals surface area contributed by atoms with Crippen molar-refractivity contribution in [3.63, 3.8) is 0 Å². The van der Waals surface area contributed by atoms with Crippen LogP contribution in [0.15, 0.2) is 18.2 Å². The molecule has 0 radical (unpaired) electrons. The van der Waals surface area contributed by atoms with Crippen molar-refractivity contribution in [2.75, 3.05) is 13.7 Å². The van der Waals surface area contributed by atoms with Gasteiger partial charge in [-0.1, -0.05) is 6.07 Å². The zero-order valence-corrected chi connectivity index (χ0v) is 14.5. The van der Waals surface area contributed by atoms with E-state index in [1.54, 1.807) is 32.9 Å². The Morgan fingerprint density at radius 1 is 1.29 bits per heavy atom. The van der Waals surface area contributed by atoms with Crippen molar-refractivity contribution in [2.45, 2.75) is 45.3 Å². The van der Waals surface area contributed by atoms with E-state index in [4.69, 9.17) is 15.2 Å². The Morgan fingerprint density at radius 2 is 1.96 bits per heavy atom. The monoisotopic (exact) mass is 339 g/mol. The number of carbonyl (C=O) groups is 2. The zero-order valence-electron chi connectivity index (χ0n) is 14.5. The van der Waals surface area contributed by atoms with Crippen molar-refractivity contribution in [1.82, 2.24) is 0 Å².